The van der Waals surface area contributed by atoms with Gasteiger partial charge in [0.1, 0.15) is 0 Å². The summed E-state index contributed by atoms with van der Waals surface area (Å²) in [6, 6.07) is 3.60. The topological polar surface area (TPSA) is 45.5 Å². The van der Waals surface area contributed by atoms with Crippen molar-refractivity contribution >= 4 is 11.8 Å². The van der Waals surface area contributed by atoms with E-state index < -0.39 is 0 Å². The molecule has 1 fully saturated rings. The second kappa shape index (κ2) is 4.38. The number of rotatable bonds is 2. The molecule has 1 aromatic heterocycles. The standard InChI is InChI=1S/C11H16N2O2/c1-12-11(14)9-5-6-10(15-9)13-7-3-2-4-8-13/h5-6H,2-4,7-8H2,1H3,(H,12,14). The van der Waals surface area contributed by atoms with Crippen molar-refractivity contribution in [2.45, 2.75) is 19.3 Å². The Morgan fingerprint density at radius 1 is 1.33 bits per heavy atom. The van der Waals surface area contributed by atoms with Gasteiger partial charge in [-0.15, -0.1) is 0 Å². The van der Waals surface area contributed by atoms with Crippen LogP contribution in [0.2, 0.25) is 0 Å². The van der Waals surface area contributed by atoms with Gasteiger partial charge >= 0.3 is 0 Å². The Morgan fingerprint density at radius 2 is 2.07 bits per heavy atom. The zero-order valence-electron chi connectivity index (χ0n) is 8.95. The number of carbonyl (C=O) groups is 1. The highest BCUT2D eigenvalue weighted by Crippen LogP contribution is 2.22. The molecule has 1 aromatic rings. The largest absolute Gasteiger partial charge is 0.435 e. The van der Waals surface area contributed by atoms with Gasteiger partial charge in [-0.3, -0.25) is 4.79 Å². The molecule has 2 rings (SSSR count). The van der Waals surface area contributed by atoms with Crippen molar-refractivity contribution in [1.82, 2.24) is 5.32 Å². The Kier molecular flexibility index (Phi) is 2.94. The van der Waals surface area contributed by atoms with Crippen molar-refractivity contribution in [3.8, 4) is 0 Å². The van der Waals surface area contributed by atoms with Gasteiger partial charge in [-0.05, 0) is 25.3 Å². The third-order valence-electron chi connectivity index (χ3n) is 2.71. The van der Waals surface area contributed by atoms with Gasteiger partial charge in [-0.25, -0.2) is 0 Å². The smallest absolute Gasteiger partial charge is 0.286 e. The average Bonchev–Trinajstić information content (AvgIpc) is 2.78. The van der Waals surface area contributed by atoms with Crippen LogP contribution in [-0.4, -0.2) is 26.0 Å². The third kappa shape index (κ3) is 2.14. The van der Waals surface area contributed by atoms with Gasteiger partial charge in [0.15, 0.2) is 11.6 Å². The van der Waals surface area contributed by atoms with E-state index in [9.17, 15) is 4.79 Å². The van der Waals surface area contributed by atoms with Gasteiger partial charge in [-0.1, -0.05) is 0 Å². The molecule has 1 amide bonds. The lowest BCUT2D eigenvalue weighted by Crippen LogP contribution is -2.28. The minimum Gasteiger partial charge on any atom is -0.435 e. The molecule has 0 saturated carbocycles. The first-order chi connectivity index (χ1) is 7.31. The molecular formula is C11H16N2O2. The zero-order chi connectivity index (χ0) is 10.7. The van der Waals surface area contributed by atoms with Crippen molar-refractivity contribution in [3.63, 3.8) is 0 Å². The molecule has 2 heterocycles. The molecule has 1 N–H and O–H groups in total. The summed E-state index contributed by atoms with van der Waals surface area (Å²) in [6.07, 6.45) is 3.70. The third-order valence-corrected chi connectivity index (χ3v) is 2.71. The highest BCUT2D eigenvalue weighted by atomic mass is 16.4. The van der Waals surface area contributed by atoms with Gasteiger partial charge in [0, 0.05) is 26.2 Å². The number of hydrogen-bond donors (Lipinski definition) is 1. The first-order valence-corrected chi connectivity index (χ1v) is 5.38. The highest BCUT2D eigenvalue weighted by Gasteiger charge is 2.16. The van der Waals surface area contributed by atoms with E-state index in [-0.39, 0.29) is 5.91 Å². The second-order valence-electron chi connectivity index (χ2n) is 3.76. The van der Waals surface area contributed by atoms with Crippen LogP contribution in [0, 0.1) is 0 Å². The molecule has 0 unspecified atom stereocenters. The molecule has 1 saturated heterocycles. The summed E-state index contributed by atoms with van der Waals surface area (Å²) < 4.78 is 5.49. The fourth-order valence-electron chi connectivity index (χ4n) is 1.86. The van der Waals surface area contributed by atoms with Gasteiger partial charge < -0.3 is 14.6 Å². The molecular weight excluding hydrogens is 192 g/mol. The molecule has 0 aromatic carbocycles. The van der Waals surface area contributed by atoms with Crippen LogP contribution in [0.1, 0.15) is 29.8 Å². The summed E-state index contributed by atoms with van der Waals surface area (Å²) in [7, 11) is 1.60. The maximum absolute atomic E-state index is 11.3. The summed E-state index contributed by atoms with van der Waals surface area (Å²) in [5.74, 6) is 1.03. The molecule has 15 heavy (non-hydrogen) atoms. The van der Waals surface area contributed by atoms with Crippen molar-refractivity contribution in [2.24, 2.45) is 0 Å². The van der Waals surface area contributed by atoms with E-state index in [2.05, 4.69) is 10.2 Å². The second-order valence-corrected chi connectivity index (χ2v) is 3.76. The van der Waals surface area contributed by atoms with Crippen LogP contribution in [0.3, 0.4) is 0 Å². The normalized spacial score (nSPS) is 16.5. The van der Waals surface area contributed by atoms with Crippen LogP contribution in [0.25, 0.3) is 0 Å². The van der Waals surface area contributed by atoms with Crippen molar-refractivity contribution in [2.75, 3.05) is 25.0 Å². The van der Waals surface area contributed by atoms with Gasteiger partial charge in [0.2, 0.25) is 0 Å². The summed E-state index contributed by atoms with van der Waals surface area (Å²) >= 11 is 0. The summed E-state index contributed by atoms with van der Waals surface area (Å²) in [6.45, 7) is 2.06. The lowest BCUT2D eigenvalue weighted by atomic mass is 10.1. The summed E-state index contributed by atoms with van der Waals surface area (Å²) in [5, 5.41) is 2.55. The number of nitrogens with one attached hydrogen (secondary N) is 1. The maximum atomic E-state index is 11.3. The fourth-order valence-corrected chi connectivity index (χ4v) is 1.86. The Balaban J connectivity index is 2.08. The van der Waals surface area contributed by atoms with E-state index >= 15 is 0 Å². The van der Waals surface area contributed by atoms with Crippen LogP contribution in [0.4, 0.5) is 5.88 Å². The number of hydrogen-bond acceptors (Lipinski definition) is 3. The first kappa shape index (κ1) is 10.1. The van der Waals surface area contributed by atoms with Gasteiger partial charge in [0.25, 0.3) is 5.91 Å². The zero-order valence-corrected chi connectivity index (χ0v) is 8.95. The lowest BCUT2D eigenvalue weighted by molar-refractivity contribution is 0.0936. The van der Waals surface area contributed by atoms with E-state index in [1.807, 2.05) is 6.07 Å². The van der Waals surface area contributed by atoms with Gasteiger partial charge in [-0.2, -0.15) is 0 Å². The van der Waals surface area contributed by atoms with Crippen LogP contribution in [-0.2, 0) is 0 Å². The monoisotopic (exact) mass is 208 g/mol. The van der Waals surface area contributed by atoms with Crippen molar-refractivity contribution in [1.29, 1.82) is 0 Å². The Labute approximate surface area is 89.2 Å². The van der Waals surface area contributed by atoms with Crippen molar-refractivity contribution in [3.05, 3.63) is 17.9 Å². The number of piperidine rings is 1. The number of carbonyl (C=O) groups excluding carboxylic acids is 1. The minimum atomic E-state index is -0.168. The Hall–Kier alpha value is -1.45. The average molecular weight is 208 g/mol. The maximum Gasteiger partial charge on any atom is 0.286 e. The molecule has 1 aliphatic heterocycles. The van der Waals surface area contributed by atoms with Crippen LogP contribution < -0.4 is 10.2 Å². The molecule has 0 aliphatic carbocycles. The number of furan rings is 1. The highest BCUT2D eigenvalue weighted by molar-refractivity contribution is 5.91. The molecule has 1 aliphatic rings. The van der Waals surface area contributed by atoms with Crippen LogP contribution >= 0.6 is 0 Å². The van der Waals surface area contributed by atoms with E-state index in [0.717, 1.165) is 19.0 Å². The molecule has 82 valence electrons. The van der Waals surface area contributed by atoms with Gasteiger partial charge in [0.05, 0.1) is 0 Å². The van der Waals surface area contributed by atoms with E-state index in [4.69, 9.17) is 4.42 Å². The molecule has 4 nitrogen and oxygen atoms in total. The van der Waals surface area contributed by atoms with E-state index in [1.165, 1.54) is 19.3 Å². The summed E-state index contributed by atoms with van der Waals surface area (Å²) in [5.41, 5.74) is 0. The van der Waals surface area contributed by atoms with Crippen molar-refractivity contribution < 1.29 is 9.21 Å². The Bertz CT molecular complexity index is 340. The predicted octanol–water partition coefficient (Wildman–Crippen LogP) is 1.63. The van der Waals surface area contributed by atoms with Crippen LogP contribution in [0.15, 0.2) is 16.5 Å². The SMILES string of the molecule is CNC(=O)c1ccc(N2CCCCC2)o1. The van der Waals surface area contributed by atoms with E-state index in [1.54, 1.807) is 13.1 Å². The first-order valence-electron chi connectivity index (χ1n) is 5.38. The summed E-state index contributed by atoms with van der Waals surface area (Å²) in [4.78, 5) is 13.5. The lowest BCUT2D eigenvalue weighted by Gasteiger charge is -2.25. The molecule has 0 radical (unpaired) electrons. The predicted molar refractivity (Wildman–Crippen MR) is 58.2 cm³/mol. The Morgan fingerprint density at radius 3 is 2.73 bits per heavy atom. The quantitative estimate of drug-likeness (QED) is 0.803. The number of nitrogens with zero attached hydrogens (tertiary/aromatic N) is 1. The number of amides is 1. The molecule has 0 bridgehead atoms. The van der Waals surface area contributed by atoms with E-state index in [0.29, 0.717) is 5.76 Å². The molecule has 0 atom stereocenters. The molecule has 0 spiro atoms. The fraction of sp³-hybridized carbons (Fsp3) is 0.545. The molecule has 4 heteroatoms. The number of anilines is 1. The van der Waals surface area contributed by atoms with Crippen LogP contribution in [0.5, 0.6) is 0 Å². The minimum absolute atomic E-state index is 0.168.